The number of hydrogen-bond donors (Lipinski definition) is 1. The number of rotatable bonds is 3. The summed E-state index contributed by atoms with van der Waals surface area (Å²) >= 11 is 7.02. The number of hydrogen-bond acceptors (Lipinski definition) is 2. The maximum Gasteiger partial charge on any atom is 0.0320 e. The van der Waals surface area contributed by atoms with E-state index in [9.17, 15) is 0 Å². The van der Waals surface area contributed by atoms with Crippen LogP contribution < -0.4 is 5.73 Å². The topological polar surface area (TPSA) is 29.3 Å². The molecule has 4 heteroatoms. The first-order valence-corrected chi connectivity index (χ1v) is 7.14. The van der Waals surface area contributed by atoms with Gasteiger partial charge in [-0.05, 0) is 75.0 Å². The van der Waals surface area contributed by atoms with Gasteiger partial charge in [-0.15, -0.1) is 0 Å². The second-order valence-corrected chi connectivity index (χ2v) is 6.08. The van der Waals surface area contributed by atoms with Crippen molar-refractivity contribution in [2.45, 2.75) is 13.0 Å². The van der Waals surface area contributed by atoms with Crippen LogP contribution in [-0.2, 0) is 6.54 Å². The van der Waals surface area contributed by atoms with Crippen molar-refractivity contribution in [2.75, 3.05) is 19.6 Å². The molecule has 0 bridgehead atoms. The number of nitrogens with two attached hydrogens (primary N) is 1. The van der Waals surface area contributed by atoms with Gasteiger partial charge in [0, 0.05) is 22.0 Å². The number of halogens is 2. The molecule has 1 aromatic rings. The minimum atomic E-state index is 0.693. The molecule has 1 heterocycles. The van der Waals surface area contributed by atoms with Gasteiger partial charge in [-0.1, -0.05) is 6.07 Å². The van der Waals surface area contributed by atoms with Gasteiger partial charge in [-0.2, -0.15) is 0 Å². The van der Waals surface area contributed by atoms with Crippen molar-refractivity contribution in [1.29, 1.82) is 0 Å². The van der Waals surface area contributed by atoms with E-state index in [1.54, 1.807) is 0 Å². The molecule has 1 atom stereocenters. The molecule has 1 aromatic carbocycles. The summed E-state index contributed by atoms with van der Waals surface area (Å²) in [5.41, 5.74) is 7.05. The lowest BCUT2D eigenvalue weighted by Gasteiger charge is -2.16. The van der Waals surface area contributed by atoms with Crippen molar-refractivity contribution in [3.05, 3.63) is 32.7 Å². The Hall–Kier alpha value is 0.1000. The van der Waals surface area contributed by atoms with E-state index in [4.69, 9.17) is 5.73 Å². The van der Waals surface area contributed by atoms with Gasteiger partial charge in [0.15, 0.2) is 0 Å². The highest BCUT2D eigenvalue weighted by molar-refractivity contribution is 9.13. The van der Waals surface area contributed by atoms with E-state index in [0.29, 0.717) is 5.92 Å². The van der Waals surface area contributed by atoms with E-state index >= 15 is 0 Å². The van der Waals surface area contributed by atoms with Gasteiger partial charge in [0.25, 0.3) is 0 Å². The van der Waals surface area contributed by atoms with Crippen LogP contribution in [0.15, 0.2) is 27.1 Å². The van der Waals surface area contributed by atoms with E-state index in [-0.39, 0.29) is 0 Å². The van der Waals surface area contributed by atoms with E-state index in [1.165, 1.54) is 18.5 Å². The van der Waals surface area contributed by atoms with Crippen LogP contribution in [0, 0.1) is 5.92 Å². The Labute approximate surface area is 113 Å². The van der Waals surface area contributed by atoms with Crippen molar-refractivity contribution in [1.82, 2.24) is 4.90 Å². The zero-order chi connectivity index (χ0) is 11.5. The molecular formula is C12H16Br2N2. The van der Waals surface area contributed by atoms with Gasteiger partial charge in [0.05, 0.1) is 0 Å². The predicted molar refractivity (Wildman–Crippen MR) is 74.3 cm³/mol. The molecule has 2 N–H and O–H groups in total. The number of nitrogens with zero attached hydrogens (tertiary/aromatic N) is 1. The minimum Gasteiger partial charge on any atom is -0.330 e. The lowest BCUT2D eigenvalue weighted by molar-refractivity contribution is 0.318. The average Bonchev–Trinajstić information content (AvgIpc) is 2.71. The van der Waals surface area contributed by atoms with Crippen LogP contribution in [0.5, 0.6) is 0 Å². The normalized spacial score (nSPS) is 21.6. The van der Waals surface area contributed by atoms with Crippen LogP contribution in [0.2, 0.25) is 0 Å². The van der Waals surface area contributed by atoms with Gasteiger partial charge in [0.2, 0.25) is 0 Å². The molecule has 0 amide bonds. The van der Waals surface area contributed by atoms with E-state index < -0.39 is 0 Å². The lowest BCUT2D eigenvalue weighted by Crippen LogP contribution is -2.22. The molecule has 0 radical (unpaired) electrons. The Kier molecular flexibility index (Phi) is 4.41. The Bertz CT molecular complexity index is 368. The molecule has 1 aliphatic heterocycles. The molecule has 2 nitrogen and oxygen atoms in total. The second-order valence-electron chi connectivity index (χ2n) is 4.37. The van der Waals surface area contributed by atoms with Crippen LogP contribution in [0.1, 0.15) is 12.0 Å². The fraction of sp³-hybridized carbons (Fsp3) is 0.500. The number of benzene rings is 1. The van der Waals surface area contributed by atoms with Crippen molar-refractivity contribution in [3.63, 3.8) is 0 Å². The zero-order valence-electron chi connectivity index (χ0n) is 9.13. The SMILES string of the molecule is NCC1CCN(Cc2ccc(Br)c(Br)c2)C1. The van der Waals surface area contributed by atoms with Crippen LogP contribution in [0.3, 0.4) is 0 Å². The monoisotopic (exact) mass is 346 g/mol. The average molecular weight is 348 g/mol. The highest BCUT2D eigenvalue weighted by Gasteiger charge is 2.20. The summed E-state index contributed by atoms with van der Waals surface area (Å²) < 4.78 is 2.23. The molecule has 0 aliphatic carbocycles. The summed E-state index contributed by atoms with van der Waals surface area (Å²) in [5.74, 6) is 0.693. The maximum atomic E-state index is 5.69. The van der Waals surface area contributed by atoms with Gasteiger partial charge in [-0.3, -0.25) is 4.90 Å². The van der Waals surface area contributed by atoms with Crippen molar-refractivity contribution < 1.29 is 0 Å². The third-order valence-electron chi connectivity index (χ3n) is 3.09. The first kappa shape index (κ1) is 12.6. The Morgan fingerprint density at radius 2 is 2.12 bits per heavy atom. The Balaban J connectivity index is 1.97. The first-order valence-electron chi connectivity index (χ1n) is 5.55. The molecule has 1 saturated heterocycles. The summed E-state index contributed by atoms with van der Waals surface area (Å²) in [6, 6.07) is 6.44. The molecule has 0 saturated carbocycles. The predicted octanol–water partition coefficient (Wildman–Crippen LogP) is 2.99. The minimum absolute atomic E-state index is 0.693. The third-order valence-corrected chi connectivity index (χ3v) is 4.97. The fourth-order valence-corrected chi connectivity index (χ4v) is 2.82. The summed E-state index contributed by atoms with van der Waals surface area (Å²) in [5, 5.41) is 0. The van der Waals surface area contributed by atoms with Crippen molar-refractivity contribution in [3.8, 4) is 0 Å². The first-order chi connectivity index (χ1) is 7.69. The third kappa shape index (κ3) is 3.06. The van der Waals surface area contributed by atoms with Crippen LogP contribution >= 0.6 is 31.9 Å². The van der Waals surface area contributed by atoms with E-state index in [1.807, 2.05) is 0 Å². The van der Waals surface area contributed by atoms with Gasteiger partial charge < -0.3 is 5.73 Å². The van der Waals surface area contributed by atoms with E-state index in [0.717, 1.165) is 28.6 Å². The lowest BCUT2D eigenvalue weighted by atomic mass is 10.1. The van der Waals surface area contributed by atoms with Crippen molar-refractivity contribution in [2.24, 2.45) is 11.7 Å². The number of likely N-dealkylation sites (tertiary alicyclic amines) is 1. The summed E-state index contributed by atoms with van der Waals surface area (Å²) in [6.07, 6.45) is 1.24. The second kappa shape index (κ2) is 5.63. The van der Waals surface area contributed by atoms with E-state index in [2.05, 4.69) is 55.0 Å². The van der Waals surface area contributed by atoms with Gasteiger partial charge >= 0.3 is 0 Å². The summed E-state index contributed by atoms with van der Waals surface area (Å²) in [6.45, 7) is 4.17. The molecule has 2 rings (SSSR count). The standard InChI is InChI=1S/C12H16Br2N2/c13-11-2-1-9(5-12(11)14)7-16-4-3-10(6-15)8-16/h1-2,5,10H,3-4,6-8,15H2. The van der Waals surface area contributed by atoms with Gasteiger partial charge in [0.1, 0.15) is 0 Å². The molecular weight excluding hydrogens is 332 g/mol. The highest BCUT2D eigenvalue weighted by Crippen LogP contribution is 2.25. The molecule has 0 aromatic heterocycles. The fourth-order valence-electron chi connectivity index (χ4n) is 2.15. The Morgan fingerprint density at radius 1 is 1.31 bits per heavy atom. The highest BCUT2D eigenvalue weighted by atomic mass is 79.9. The molecule has 88 valence electrons. The van der Waals surface area contributed by atoms with Crippen LogP contribution in [0.4, 0.5) is 0 Å². The molecule has 1 aliphatic rings. The molecule has 0 spiro atoms. The van der Waals surface area contributed by atoms with Crippen LogP contribution in [-0.4, -0.2) is 24.5 Å². The summed E-state index contributed by atoms with van der Waals surface area (Å²) in [4.78, 5) is 2.48. The largest absolute Gasteiger partial charge is 0.330 e. The van der Waals surface area contributed by atoms with Gasteiger partial charge in [-0.25, -0.2) is 0 Å². The Morgan fingerprint density at radius 3 is 2.75 bits per heavy atom. The van der Waals surface area contributed by atoms with Crippen molar-refractivity contribution >= 4 is 31.9 Å². The summed E-state index contributed by atoms with van der Waals surface area (Å²) in [7, 11) is 0. The maximum absolute atomic E-state index is 5.69. The molecule has 16 heavy (non-hydrogen) atoms. The quantitative estimate of drug-likeness (QED) is 0.910. The zero-order valence-corrected chi connectivity index (χ0v) is 12.3. The molecule has 1 fully saturated rings. The smallest absolute Gasteiger partial charge is 0.0320 e. The van der Waals surface area contributed by atoms with Crippen LogP contribution in [0.25, 0.3) is 0 Å². The molecule has 1 unspecified atom stereocenters.